The monoisotopic (exact) mass is 753 g/mol. The van der Waals surface area contributed by atoms with Gasteiger partial charge in [-0.3, -0.25) is 0 Å². The van der Waals surface area contributed by atoms with E-state index in [1.54, 1.807) is 0 Å². The van der Waals surface area contributed by atoms with Crippen LogP contribution in [0.2, 0.25) is 0 Å². The van der Waals surface area contributed by atoms with Crippen LogP contribution in [0.4, 0.5) is 0 Å². The number of halogens is 2. The van der Waals surface area contributed by atoms with Gasteiger partial charge in [-0.05, 0) is 12.8 Å². The molecule has 0 heterocycles. The van der Waals surface area contributed by atoms with Crippen LogP contribution in [-0.2, 0) is 19.1 Å². The molecule has 8 heteroatoms. The first-order valence-corrected chi connectivity index (χ1v) is 21.1. The second-order valence-electron chi connectivity index (χ2n) is 16.3. The summed E-state index contributed by atoms with van der Waals surface area (Å²) in [6.45, 7) is 7.94. The van der Waals surface area contributed by atoms with Crippen LogP contribution in [0, 0.1) is 0 Å². The molecule has 0 radical (unpaired) electrons. The van der Waals surface area contributed by atoms with Crippen LogP contribution in [0.15, 0.2) is 0 Å². The van der Waals surface area contributed by atoms with Crippen LogP contribution in [0.1, 0.15) is 194 Å². The van der Waals surface area contributed by atoms with E-state index in [9.17, 15) is 9.59 Å². The van der Waals surface area contributed by atoms with Crippen molar-refractivity contribution in [2.75, 3.05) is 67.6 Å². The second-order valence-corrected chi connectivity index (χ2v) is 16.3. The first kappa shape index (κ1) is 53.8. The molecule has 0 aromatic rings. The number of carbonyl (C=O) groups excluding carboxylic acids is 2. The maximum atomic E-state index is 12.5. The second kappa shape index (κ2) is 38.2. The minimum absolute atomic E-state index is 0. The van der Waals surface area contributed by atoms with E-state index in [-0.39, 0.29) is 36.8 Å². The summed E-state index contributed by atoms with van der Waals surface area (Å²) >= 11 is 0. The fraction of sp³-hybridized carbons (Fsp3) is 0.952. The summed E-state index contributed by atoms with van der Waals surface area (Å²) in [5.41, 5.74) is 0. The maximum absolute atomic E-state index is 12.5. The lowest BCUT2D eigenvalue weighted by atomic mass is 10.0. The van der Waals surface area contributed by atoms with Crippen molar-refractivity contribution in [2.24, 2.45) is 0 Å². The fourth-order valence-electron chi connectivity index (χ4n) is 6.46. The SMILES string of the molecule is CCCCCCCCCCCCCCCCOC(=O)C[N+](C)(C)CC[N+](C)(C)CC(=O)OCCCCCCCCCCCCCCCC.[Cl-].[Cl-]. The third-order valence-electron chi connectivity index (χ3n) is 9.95. The molecule has 0 aliphatic heterocycles. The highest BCUT2D eigenvalue weighted by atomic mass is 35.5. The zero-order valence-corrected chi connectivity index (χ0v) is 35.8. The van der Waals surface area contributed by atoms with E-state index in [1.165, 1.54) is 154 Å². The van der Waals surface area contributed by atoms with E-state index in [0.29, 0.717) is 35.3 Å². The molecule has 0 fully saturated rings. The minimum atomic E-state index is -0.118. The Bertz CT molecular complexity index is 677. The molecule has 0 bridgehead atoms. The molecule has 0 rings (SSSR count). The van der Waals surface area contributed by atoms with Crippen molar-refractivity contribution >= 4 is 11.9 Å². The van der Waals surface area contributed by atoms with Gasteiger partial charge in [0.25, 0.3) is 0 Å². The van der Waals surface area contributed by atoms with Gasteiger partial charge >= 0.3 is 11.9 Å². The molecule has 0 amide bonds. The van der Waals surface area contributed by atoms with Crippen molar-refractivity contribution < 1.29 is 52.8 Å². The molecular formula is C42H86Cl2N2O4. The first-order valence-electron chi connectivity index (χ1n) is 21.1. The number of ether oxygens (including phenoxy) is 2. The molecule has 0 aromatic heterocycles. The van der Waals surface area contributed by atoms with Crippen molar-refractivity contribution in [2.45, 2.75) is 194 Å². The quantitative estimate of drug-likeness (QED) is 0.0498. The summed E-state index contributed by atoms with van der Waals surface area (Å²) in [5, 5.41) is 0. The zero-order valence-electron chi connectivity index (χ0n) is 34.3. The standard InChI is InChI=1S/C42H86N2O4.2ClH/c1-7-9-11-13-15-17-19-21-23-25-27-29-31-33-37-47-41(45)39-43(3,4)35-36-44(5,6)40-42(46)48-38-34-32-30-28-26-24-22-20-18-16-14-12-10-8-2;;/h7-40H2,1-6H3;2*1H/q+2;;/p-2. The molecule has 0 saturated carbocycles. The summed E-state index contributed by atoms with van der Waals surface area (Å²) in [7, 11) is 8.28. The number of hydrogen-bond acceptors (Lipinski definition) is 4. The molecule has 0 atom stereocenters. The minimum Gasteiger partial charge on any atom is -1.00 e. The lowest BCUT2D eigenvalue weighted by Gasteiger charge is -2.34. The molecule has 0 unspecified atom stereocenters. The topological polar surface area (TPSA) is 52.6 Å². The highest BCUT2D eigenvalue weighted by molar-refractivity contribution is 5.70. The van der Waals surface area contributed by atoms with E-state index in [2.05, 4.69) is 42.0 Å². The zero-order chi connectivity index (χ0) is 35.6. The number of quaternary nitrogens is 2. The Balaban J connectivity index is -0.0000110. The van der Waals surface area contributed by atoms with E-state index >= 15 is 0 Å². The van der Waals surface area contributed by atoms with Crippen LogP contribution in [0.5, 0.6) is 0 Å². The molecule has 6 nitrogen and oxygen atoms in total. The lowest BCUT2D eigenvalue weighted by molar-refractivity contribution is -0.939. The summed E-state index contributed by atoms with van der Waals surface area (Å²) in [6.07, 6.45) is 37.1. The Labute approximate surface area is 324 Å². The van der Waals surface area contributed by atoms with Gasteiger partial charge in [-0.2, -0.15) is 0 Å². The smallest absolute Gasteiger partial charge is 0.361 e. The molecule has 0 aliphatic carbocycles. The third kappa shape index (κ3) is 40.2. The Hall–Kier alpha value is -0.560. The summed E-state index contributed by atoms with van der Waals surface area (Å²) < 4.78 is 12.3. The third-order valence-corrected chi connectivity index (χ3v) is 9.95. The summed E-state index contributed by atoms with van der Waals surface area (Å²) in [4.78, 5) is 25.0. The number of hydrogen-bond donors (Lipinski definition) is 0. The molecule has 0 saturated heterocycles. The largest absolute Gasteiger partial charge is 1.00 e. The van der Waals surface area contributed by atoms with Crippen LogP contribution in [-0.4, -0.2) is 88.5 Å². The van der Waals surface area contributed by atoms with E-state index in [1.807, 2.05) is 0 Å². The van der Waals surface area contributed by atoms with Crippen LogP contribution >= 0.6 is 0 Å². The van der Waals surface area contributed by atoms with Crippen molar-refractivity contribution in [1.29, 1.82) is 0 Å². The van der Waals surface area contributed by atoms with Gasteiger partial charge in [-0.25, -0.2) is 9.59 Å². The maximum Gasteiger partial charge on any atom is 0.361 e. The predicted molar refractivity (Wildman–Crippen MR) is 206 cm³/mol. The molecular weight excluding hydrogens is 667 g/mol. The normalized spacial score (nSPS) is 11.6. The molecule has 0 aliphatic rings. The van der Waals surface area contributed by atoms with Gasteiger partial charge in [0, 0.05) is 0 Å². The van der Waals surface area contributed by atoms with Gasteiger partial charge in [0.05, 0.1) is 41.4 Å². The van der Waals surface area contributed by atoms with Gasteiger partial charge in [0.15, 0.2) is 13.1 Å². The van der Waals surface area contributed by atoms with Crippen LogP contribution < -0.4 is 24.8 Å². The van der Waals surface area contributed by atoms with E-state index in [4.69, 9.17) is 9.47 Å². The average Bonchev–Trinajstić information content (AvgIpc) is 3.03. The summed E-state index contributed by atoms with van der Waals surface area (Å²) in [6, 6.07) is 0. The van der Waals surface area contributed by atoms with E-state index in [0.717, 1.165) is 38.8 Å². The Morgan fingerprint density at radius 3 is 0.780 bits per heavy atom. The van der Waals surface area contributed by atoms with Gasteiger partial charge in [-0.1, -0.05) is 181 Å². The number of unbranched alkanes of at least 4 members (excludes halogenated alkanes) is 26. The first-order chi connectivity index (χ1) is 23.1. The Morgan fingerprint density at radius 2 is 0.560 bits per heavy atom. The molecule has 0 N–H and O–H groups in total. The molecule has 50 heavy (non-hydrogen) atoms. The highest BCUT2D eigenvalue weighted by Crippen LogP contribution is 2.15. The van der Waals surface area contributed by atoms with Gasteiger partial charge < -0.3 is 43.3 Å². The number of likely N-dealkylation sites (N-methyl/N-ethyl adjacent to an activating group) is 2. The average molecular weight is 754 g/mol. The van der Waals surface area contributed by atoms with Gasteiger partial charge in [0.2, 0.25) is 0 Å². The van der Waals surface area contributed by atoms with Crippen molar-refractivity contribution in [1.82, 2.24) is 0 Å². The predicted octanol–water partition coefficient (Wildman–Crippen LogP) is 5.20. The van der Waals surface area contributed by atoms with Gasteiger partial charge in [-0.15, -0.1) is 0 Å². The van der Waals surface area contributed by atoms with Crippen molar-refractivity contribution in [3.63, 3.8) is 0 Å². The van der Waals surface area contributed by atoms with Crippen molar-refractivity contribution in [3.05, 3.63) is 0 Å². The van der Waals surface area contributed by atoms with Crippen molar-refractivity contribution in [3.8, 4) is 0 Å². The van der Waals surface area contributed by atoms with Gasteiger partial charge in [0.1, 0.15) is 13.1 Å². The molecule has 0 spiro atoms. The number of carbonyl (C=O) groups is 2. The Morgan fingerprint density at radius 1 is 0.360 bits per heavy atom. The number of rotatable bonds is 37. The Kier molecular flexibility index (Phi) is 41.1. The number of nitrogens with zero attached hydrogens (tertiary/aromatic N) is 2. The fourth-order valence-corrected chi connectivity index (χ4v) is 6.46. The van der Waals surface area contributed by atoms with Crippen LogP contribution in [0.3, 0.4) is 0 Å². The number of esters is 2. The molecule has 302 valence electrons. The van der Waals surface area contributed by atoms with Crippen LogP contribution in [0.25, 0.3) is 0 Å². The highest BCUT2D eigenvalue weighted by Gasteiger charge is 2.28. The lowest BCUT2D eigenvalue weighted by Crippen LogP contribution is -3.00. The van der Waals surface area contributed by atoms with E-state index < -0.39 is 0 Å². The summed E-state index contributed by atoms with van der Waals surface area (Å²) in [5.74, 6) is -0.236. The molecule has 0 aromatic carbocycles.